The minimum atomic E-state index is -0.407. The highest BCUT2D eigenvalue weighted by atomic mass is 16.6. The van der Waals surface area contributed by atoms with E-state index < -0.39 is 12.2 Å². The second-order valence-electron chi connectivity index (χ2n) is 3.97. The Morgan fingerprint density at radius 1 is 0.944 bits per heavy atom. The topological polar surface area (TPSA) is 95.1 Å². The Morgan fingerprint density at radius 3 is 1.72 bits per heavy atom. The summed E-state index contributed by atoms with van der Waals surface area (Å²) >= 11 is 0. The molecule has 2 aliphatic rings. The van der Waals surface area contributed by atoms with Crippen molar-refractivity contribution in [2.45, 2.75) is 12.2 Å². The fourth-order valence-electron chi connectivity index (χ4n) is 1.60. The molecule has 2 fully saturated rings. The van der Waals surface area contributed by atoms with Crippen LogP contribution in [-0.4, -0.2) is 63.9 Å². The minimum absolute atomic E-state index is 0.225. The molecule has 2 unspecified atom stereocenters. The molecule has 0 radical (unpaired) electrons. The van der Waals surface area contributed by atoms with Gasteiger partial charge >= 0.3 is 12.2 Å². The van der Waals surface area contributed by atoms with Gasteiger partial charge in [-0.15, -0.1) is 0 Å². The van der Waals surface area contributed by atoms with Crippen LogP contribution in [0, 0.1) is 0 Å². The third kappa shape index (κ3) is 4.04. The van der Waals surface area contributed by atoms with Gasteiger partial charge in [-0.25, -0.2) is 9.59 Å². The Labute approximate surface area is 104 Å². The molecule has 2 heterocycles. The van der Waals surface area contributed by atoms with Gasteiger partial charge in [-0.05, 0) is 0 Å². The maximum Gasteiger partial charge on any atom is 0.407 e. The SMILES string of the molecule is O=C1NCC(COCCOCC2CNC(=O)O2)O1. The number of carbonyl (C=O) groups is 2. The van der Waals surface area contributed by atoms with Gasteiger partial charge < -0.3 is 29.6 Å². The molecular weight excluding hydrogens is 244 g/mol. The molecule has 2 atom stereocenters. The molecule has 102 valence electrons. The number of alkyl carbamates (subject to hydrolysis) is 2. The van der Waals surface area contributed by atoms with Crippen LogP contribution >= 0.6 is 0 Å². The Balaban J connectivity index is 1.42. The molecule has 8 heteroatoms. The van der Waals surface area contributed by atoms with Crippen molar-refractivity contribution in [2.24, 2.45) is 0 Å². The number of hydrogen-bond acceptors (Lipinski definition) is 6. The van der Waals surface area contributed by atoms with Crippen molar-refractivity contribution in [2.75, 3.05) is 39.5 Å². The van der Waals surface area contributed by atoms with E-state index in [4.69, 9.17) is 18.9 Å². The number of nitrogens with one attached hydrogen (secondary N) is 2. The van der Waals surface area contributed by atoms with Crippen LogP contribution in [0.3, 0.4) is 0 Å². The lowest BCUT2D eigenvalue weighted by molar-refractivity contribution is -0.00736. The first-order valence-electron chi connectivity index (χ1n) is 5.78. The summed E-state index contributed by atoms with van der Waals surface area (Å²) in [5.41, 5.74) is 0. The molecule has 2 saturated heterocycles. The van der Waals surface area contributed by atoms with Crippen LogP contribution in [0.2, 0.25) is 0 Å². The fourth-order valence-corrected chi connectivity index (χ4v) is 1.60. The first-order valence-corrected chi connectivity index (χ1v) is 5.78. The number of ether oxygens (including phenoxy) is 4. The quantitative estimate of drug-likeness (QED) is 0.584. The zero-order chi connectivity index (χ0) is 12.8. The maximum absolute atomic E-state index is 10.7. The summed E-state index contributed by atoms with van der Waals surface area (Å²) in [5.74, 6) is 0. The average Bonchev–Trinajstić information content (AvgIpc) is 2.93. The van der Waals surface area contributed by atoms with E-state index in [-0.39, 0.29) is 12.2 Å². The Hall–Kier alpha value is -1.54. The predicted molar refractivity (Wildman–Crippen MR) is 58.2 cm³/mol. The van der Waals surface area contributed by atoms with Crippen molar-refractivity contribution in [3.63, 3.8) is 0 Å². The maximum atomic E-state index is 10.7. The smallest absolute Gasteiger partial charge is 0.407 e. The first-order chi connectivity index (χ1) is 8.74. The number of cyclic esters (lactones) is 2. The van der Waals surface area contributed by atoms with E-state index in [9.17, 15) is 9.59 Å². The van der Waals surface area contributed by atoms with Crippen molar-refractivity contribution >= 4 is 12.2 Å². The normalized spacial score (nSPS) is 26.4. The van der Waals surface area contributed by atoms with Crippen LogP contribution in [0.25, 0.3) is 0 Å². The van der Waals surface area contributed by atoms with E-state index in [0.29, 0.717) is 39.5 Å². The predicted octanol–water partition coefficient (Wildman–Crippen LogP) is -0.764. The number of hydrogen-bond donors (Lipinski definition) is 2. The van der Waals surface area contributed by atoms with Gasteiger partial charge in [-0.3, -0.25) is 0 Å². The van der Waals surface area contributed by atoms with Gasteiger partial charge in [0.15, 0.2) is 0 Å². The second-order valence-corrected chi connectivity index (χ2v) is 3.97. The molecule has 18 heavy (non-hydrogen) atoms. The van der Waals surface area contributed by atoms with Crippen LogP contribution in [0.4, 0.5) is 9.59 Å². The molecule has 2 aliphatic heterocycles. The van der Waals surface area contributed by atoms with E-state index in [1.165, 1.54) is 0 Å². The van der Waals surface area contributed by atoms with Gasteiger partial charge in [0.05, 0.1) is 39.5 Å². The minimum Gasteiger partial charge on any atom is -0.442 e. The Morgan fingerprint density at radius 2 is 1.39 bits per heavy atom. The molecular formula is C10H16N2O6. The second kappa shape index (κ2) is 6.41. The van der Waals surface area contributed by atoms with E-state index >= 15 is 0 Å². The zero-order valence-corrected chi connectivity index (χ0v) is 9.85. The summed E-state index contributed by atoms with van der Waals surface area (Å²) in [4.78, 5) is 21.4. The molecule has 8 nitrogen and oxygen atoms in total. The summed E-state index contributed by atoms with van der Waals surface area (Å²) in [6, 6.07) is 0. The summed E-state index contributed by atoms with van der Waals surface area (Å²) in [7, 11) is 0. The lowest BCUT2D eigenvalue weighted by Crippen LogP contribution is -2.23. The Bertz CT molecular complexity index is 281. The lowest BCUT2D eigenvalue weighted by Gasteiger charge is -2.10. The lowest BCUT2D eigenvalue weighted by atomic mass is 10.4. The van der Waals surface area contributed by atoms with Crippen molar-refractivity contribution in [1.29, 1.82) is 0 Å². The molecule has 0 aromatic rings. The summed E-state index contributed by atoms with van der Waals surface area (Å²) in [5, 5.41) is 5.07. The highest BCUT2D eigenvalue weighted by molar-refractivity contribution is 5.69. The van der Waals surface area contributed by atoms with Crippen LogP contribution in [0.5, 0.6) is 0 Å². The third-order valence-corrected chi connectivity index (χ3v) is 2.48. The van der Waals surface area contributed by atoms with Gasteiger partial charge in [0, 0.05) is 0 Å². The summed E-state index contributed by atoms with van der Waals surface area (Å²) < 4.78 is 20.3. The standard InChI is InChI=1S/C10H16N2O6/c13-9-11-3-7(17-9)5-15-1-2-16-6-8-4-12-10(14)18-8/h7-8H,1-6H2,(H,11,13)(H,12,14). The van der Waals surface area contributed by atoms with Crippen LogP contribution in [0.1, 0.15) is 0 Å². The van der Waals surface area contributed by atoms with Crippen molar-refractivity contribution < 1.29 is 28.5 Å². The van der Waals surface area contributed by atoms with Gasteiger partial charge in [0.2, 0.25) is 0 Å². The van der Waals surface area contributed by atoms with Gasteiger partial charge in [0.1, 0.15) is 12.2 Å². The molecule has 2 N–H and O–H groups in total. The van der Waals surface area contributed by atoms with Crippen molar-refractivity contribution in [3.8, 4) is 0 Å². The van der Waals surface area contributed by atoms with Gasteiger partial charge in [0.25, 0.3) is 0 Å². The van der Waals surface area contributed by atoms with Crippen LogP contribution in [0.15, 0.2) is 0 Å². The summed E-state index contributed by atoms with van der Waals surface area (Å²) in [6.07, 6.45) is -1.26. The average molecular weight is 260 g/mol. The van der Waals surface area contributed by atoms with E-state index in [2.05, 4.69) is 10.6 Å². The third-order valence-electron chi connectivity index (χ3n) is 2.48. The number of rotatable bonds is 7. The number of amides is 2. The Kier molecular flexibility index (Phi) is 4.59. The van der Waals surface area contributed by atoms with Crippen LogP contribution in [-0.2, 0) is 18.9 Å². The monoisotopic (exact) mass is 260 g/mol. The first kappa shape index (κ1) is 12.9. The highest BCUT2D eigenvalue weighted by Gasteiger charge is 2.23. The summed E-state index contributed by atoms with van der Waals surface area (Å²) in [6.45, 7) is 2.46. The van der Waals surface area contributed by atoms with Crippen LogP contribution < -0.4 is 10.6 Å². The number of carbonyl (C=O) groups excluding carboxylic acids is 2. The molecule has 0 aromatic carbocycles. The molecule has 0 aromatic heterocycles. The molecule has 0 bridgehead atoms. The van der Waals surface area contributed by atoms with E-state index in [1.807, 2.05) is 0 Å². The van der Waals surface area contributed by atoms with E-state index in [0.717, 1.165) is 0 Å². The van der Waals surface area contributed by atoms with Crippen molar-refractivity contribution in [1.82, 2.24) is 10.6 Å². The molecule has 0 aliphatic carbocycles. The largest absolute Gasteiger partial charge is 0.442 e. The highest BCUT2D eigenvalue weighted by Crippen LogP contribution is 2.01. The van der Waals surface area contributed by atoms with Gasteiger partial charge in [-0.1, -0.05) is 0 Å². The van der Waals surface area contributed by atoms with E-state index in [1.54, 1.807) is 0 Å². The zero-order valence-electron chi connectivity index (χ0n) is 9.85. The molecule has 2 rings (SSSR count). The molecule has 0 saturated carbocycles. The fraction of sp³-hybridized carbons (Fsp3) is 0.800. The molecule has 2 amide bonds. The van der Waals surface area contributed by atoms with Crippen molar-refractivity contribution in [3.05, 3.63) is 0 Å². The van der Waals surface area contributed by atoms with Gasteiger partial charge in [-0.2, -0.15) is 0 Å². The molecule has 0 spiro atoms.